The summed E-state index contributed by atoms with van der Waals surface area (Å²) in [5, 5.41) is 16.6. The molecule has 0 unspecified atom stereocenters. The molecule has 34 heavy (non-hydrogen) atoms. The minimum Gasteiger partial charge on any atom is -0.368 e. The highest BCUT2D eigenvalue weighted by molar-refractivity contribution is 7.92. The van der Waals surface area contributed by atoms with Crippen molar-refractivity contribution < 1.29 is 21.6 Å². The van der Waals surface area contributed by atoms with Crippen LogP contribution in [0.4, 0.5) is 36.2 Å². The molecule has 0 aliphatic carbocycles. The quantitative estimate of drug-likeness (QED) is 0.294. The lowest BCUT2D eigenvalue weighted by molar-refractivity contribution is -0.139. The van der Waals surface area contributed by atoms with Gasteiger partial charge in [0.2, 0.25) is 0 Å². The molecule has 4 rings (SSSR count). The maximum Gasteiger partial charge on any atom is 0.417 e. The lowest BCUT2D eigenvalue weighted by Crippen LogP contribution is -2.20. The van der Waals surface area contributed by atoms with Crippen molar-refractivity contribution in [2.45, 2.75) is 31.0 Å². The van der Waals surface area contributed by atoms with Crippen LogP contribution in [-0.4, -0.2) is 34.9 Å². The van der Waals surface area contributed by atoms with Crippen molar-refractivity contribution in [1.29, 1.82) is 0 Å². The average molecular weight is 491 g/mol. The molecule has 2 aromatic carbocycles. The van der Waals surface area contributed by atoms with Crippen molar-refractivity contribution in [1.82, 2.24) is 20.4 Å². The number of benzene rings is 2. The zero-order chi connectivity index (χ0) is 24.5. The van der Waals surface area contributed by atoms with Gasteiger partial charge in [0.1, 0.15) is 16.9 Å². The monoisotopic (exact) mass is 491 g/mol. The fourth-order valence-corrected chi connectivity index (χ4v) is 4.50. The van der Waals surface area contributed by atoms with Crippen LogP contribution in [0.1, 0.15) is 19.4 Å². The van der Waals surface area contributed by atoms with Gasteiger partial charge in [-0.15, -0.1) is 0 Å². The zero-order valence-electron chi connectivity index (χ0n) is 18.0. The second-order valence-electron chi connectivity index (χ2n) is 7.64. The third-order valence-electron chi connectivity index (χ3n) is 4.64. The predicted octanol–water partition coefficient (Wildman–Crippen LogP) is 4.74. The Balaban J connectivity index is 1.74. The second-order valence-corrected chi connectivity index (χ2v) is 9.29. The van der Waals surface area contributed by atoms with Gasteiger partial charge in [-0.25, -0.2) is 13.4 Å². The van der Waals surface area contributed by atoms with E-state index in [4.69, 9.17) is 0 Å². The molecular weight excluding hydrogens is 471 g/mol. The highest BCUT2D eigenvalue weighted by Gasteiger charge is 2.37. The molecule has 13 heteroatoms. The Hall–Kier alpha value is -3.87. The number of H-pyrrole nitrogens is 1. The highest BCUT2D eigenvalue weighted by Crippen LogP contribution is 2.35. The van der Waals surface area contributed by atoms with Crippen molar-refractivity contribution in [3.05, 3.63) is 60.2 Å². The summed E-state index contributed by atoms with van der Waals surface area (Å²) in [6.45, 7) is 3.80. The van der Waals surface area contributed by atoms with Crippen molar-refractivity contribution in [3.63, 3.8) is 0 Å². The first-order chi connectivity index (χ1) is 16.0. The van der Waals surface area contributed by atoms with Crippen LogP contribution in [0.2, 0.25) is 0 Å². The van der Waals surface area contributed by atoms with E-state index in [-0.39, 0.29) is 17.5 Å². The number of hydrogen-bond acceptors (Lipinski definition) is 7. The SMILES string of the molecule is CC(C)Nc1ccc(NS(=O)(=O)c2ccccc2C(F)(F)F)c(Nc2ccc3n[nH]nc3c2)n1. The summed E-state index contributed by atoms with van der Waals surface area (Å²) >= 11 is 0. The number of nitrogens with one attached hydrogen (secondary N) is 4. The number of fused-ring (bicyclic) bond motifs is 1. The predicted molar refractivity (Wildman–Crippen MR) is 122 cm³/mol. The van der Waals surface area contributed by atoms with Gasteiger partial charge >= 0.3 is 6.18 Å². The van der Waals surface area contributed by atoms with Gasteiger partial charge in [0.15, 0.2) is 5.82 Å². The van der Waals surface area contributed by atoms with Crippen LogP contribution in [0.5, 0.6) is 0 Å². The van der Waals surface area contributed by atoms with Gasteiger partial charge < -0.3 is 10.6 Å². The molecule has 0 radical (unpaired) electrons. The zero-order valence-corrected chi connectivity index (χ0v) is 18.8. The van der Waals surface area contributed by atoms with Gasteiger partial charge in [0.25, 0.3) is 10.0 Å². The van der Waals surface area contributed by atoms with Crippen LogP contribution in [0.25, 0.3) is 11.0 Å². The Labute approximate surface area is 192 Å². The van der Waals surface area contributed by atoms with Crippen molar-refractivity contribution in [2.24, 2.45) is 0 Å². The number of nitrogens with zero attached hydrogens (tertiary/aromatic N) is 3. The van der Waals surface area contributed by atoms with Crippen LogP contribution in [0.15, 0.2) is 59.5 Å². The van der Waals surface area contributed by atoms with E-state index in [0.717, 1.165) is 18.2 Å². The summed E-state index contributed by atoms with van der Waals surface area (Å²) < 4.78 is 68.4. The number of rotatable bonds is 7. The Morgan fingerprint density at radius 2 is 1.71 bits per heavy atom. The molecule has 0 aliphatic heterocycles. The normalized spacial score (nSPS) is 12.2. The summed E-state index contributed by atoms with van der Waals surface area (Å²) in [4.78, 5) is 3.52. The first-order valence-corrected chi connectivity index (χ1v) is 11.6. The number of alkyl halides is 3. The molecule has 9 nitrogen and oxygen atoms in total. The molecule has 0 atom stereocenters. The first-order valence-electron chi connectivity index (χ1n) is 10.1. The Morgan fingerprint density at radius 1 is 0.971 bits per heavy atom. The molecule has 0 saturated heterocycles. The smallest absolute Gasteiger partial charge is 0.368 e. The molecule has 0 aliphatic rings. The lowest BCUT2D eigenvalue weighted by Gasteiger charge is -2.18. The topological polar surface area (TPSA) is 125 Å². The summed E-state index contributed by atoms with van der Waals surface area (Å²) in [6, 6.07) is 12.0. The standard InChI is InChI=1S/C21H20F3N7O2S/c1-12(2)25-19-10-9-16(20(27-19)26-13-7-8-15-17(11-13)29-31-28-15)30-34(32,33)18-6-4-3-5-14(18)21(22,23)24/h3-12,30H,1-2H3,(H2,25,26,27)(H,28,29,31). The number of anilines is 4. The molecule has 0 spiro atoms. The van der Waals surface area contributed by atoms with E-state index in [0.29, 0.717) is 22.5 Å². The summed E-state index contributed by atoms with van der Waals surface area (Å²) in [6.07, 6.45) is -4.84. The van der Waals surface area contributed by atoms with Crippen LogP contribution in [0.3, 0.4) is 0 Å². The van der Waals surface area contributed by atoms with Gasteiger partial charge in [-0.3, -0.25) is 4.72 Å². The Kier molecular flexibility index (Phi) is 6.04. The third kappa shape index (κ3) is 5.03. The van der Waals surface area contributed by atoms with E-state index in [1.807, 2.05) is 13.8 Å². The van der Waals surface area contributed by atoms with E-state index in [1.165, 1.54) is 18.2 Å². The Bertz CT molecular complexity index is 1440. The minimum absolute atomic E-state index is 0.0352. The fourth-order valence-electron chi connectivity index (χ4n) is 3.20. The van der Waals surface area contributed by atoms with Crippen LogP contribution >= 0.6 is 0 Å². The van der Waals surface area contributed by atoms with Crippen molar-refractivity contribution >= 4 is 44.1 Å². The number of aromatic amines is 1. The molecule has 2 aromatic heterocycles. The minimum atomic E-state index is -4.84. The van der Waals surface area contributed by atoms with Crippen LogP contribution < -0.4 is 15.4 Å². The van der Waals surface area contributed by atoms with Gasteiger partial charge in [-0.05, 0) is 56.3 Å². The number of aromatic nitrogens is 4. The summed E-state index contributed by atoms with van der Waals surface area (Å²) in [5.74, 6) is 0.528. The number of pyridine rings is 1. The number of halogens is 3. The van der Waals surface area contributed by atoms with E-state index < -0.39 is 26.7 Å². The molecule has 4 aromatic rings. The fraction of sp³-hybridized carbons (Fsp3) is 0.190. The van der Waals surface area contributed by atoms with Gasteiger partial charge in [0, 0.05) is 11.7 Å². The van der Waals surface area contributed by atoms with E-state index in [2.05, 4.69) is 35.8 Å². The van der Waals surface area contributed by atoms with E-state index >= 15 is 0 Å². The molecule has 0 amide bonds. The molecule has 178 valence electrons. The second kappa shape index (κ2) is 8.82. The number of sulfonamides is 1. The van der Waals surface area contributed by atoms with Gasteiger partial charge in [-0.2, -0.15) is 28.6 Å². The van der Waals surface area contributed by atoms with Gasteiger partial charge in [0.05, 0.1) is 16.1 Å². The molecule has 0 saturated carbocycles. The maximum absolute atomic E-state index is 13.4. The Morgan fingerprint density at radius 3 is 2.44 bits per heavy atom. The molecule has 0 bridgehead atoms. The number of hydrogen-bond donors (Lipinski definition) is 4. The summed E-state index contributed by atoms with van der Waals surface area (Å²) in [7, 11) is -4.60. The largest absolute Gasteiger partial charge is 0.417 e. The maximum atomic E-state index is 13.4. The van der Waals surface area contributed by atoms with Crippen molar-refractivity contribution in [3.8, 4) is 0 Å². The molecular formula is C21H20F3N7O2S. The van der Waals surface area contributed by atoms with Crippen LogP contribution in [-0.2, 0) is 16.2 Å². The highest BCUT2D eigenvalue weighted by atomic mass is 32.2. The van der Waals surface area contributed by atoms with Gasteiger partial charge in [-0.1, -0.05) is 12.1 Å². The molecule has 4 N–H and O–H groups in total. The summed E-state index contributed by atoms with van der Waals surface area (Å²) in [5.41, 5.74) is 0.402. The van der Waals surface area contributed by atoms with E-state index in [1.54, 1.807) is 18.2 Å². The lowest BCUT2D eigenvalue weighted by atomic mass is 10.2. The van der Waals surface area contributed by atoms with E-state index in [9.17, 15) is 21.6 Å². The third-order valence-corrected chi connectivity index (χ3v) is 6.06. The average Bonchev–Trinajstić information content (AvgIpc) is 3.22. The first kappa shape index (κ1) is 23.3. The van der Waals surface area contributed by atoms with Crippen LogP contribution in [0, 0.1) is 0 Å². The molecule has 2 heterocycles. The van der Waals surface area contributed by atoms with Crippen molar-refractivity contribution in [2.75, 3.05) is 15.4 Å². The molecule has 0 fully saturated rings.